The first-order valence-corrected chi connectivity index (χ1v) is 8.34. The van der Waals surface area contributed by atoms with Gasteiger partial charge in [-0.2, -0.15) is 0 Å². The van der Waals surface area contributed by atoms with Crippen LogP contribution in [-0.4, -0.2) is 9.55 Å². The number of nitrogens with zero attached hydrogens (tertiary/aromatic N) is 2. The molecule has 0 fully saturated rings. The van der Waals surface area contributed by atoms with E-state index in [9.17, 15) is 13.6 Å². The van der Waals surface area contributed by atoms with Crippen LogP contribution in [0.25, 0.3) is 28.7 Å². The van der Waals surface area contributed by atoms with Gasteiger partial charge in [-0.1, -0.05) is 36.4 Å². The Morgan fingerprint density at radius 1 is 0.852 bits per heavy atom. The highest BCUT2D eigenvalue weighted by Gasteiger charge is 2.11. The highest BCUT2D eigenvalue weighted by molar-refractivity contribution is 5.80. The lowest BCUT2D eigenvalue weighted by atomic mass is 10.2. The topological polar surface area (TPSA) is 34.9 Å². The first-order valence-electron chi connectivity index (χ1n) is 8.34. The molecular formula is C22H14F2N2O. The number of fused-ring (bicyclic) bond motifs is 1. The molecule has 0 bridgehead atoms. The van der Waals surface area contributed by atoms with Crippen molar-refractivity contribution in [3.05, 3.63) is 106 Å². The van der Waals surface area contributed by atoms with Gasteiger partial charge in [0.25, 0.3) is 5.56 Å². The lowest BCUT2D eigenvalue weighted by Crippen LogP contribution is -2.22. The highest BCUT2D eigenvalue weighted by Crippen LogP contribution is 2.17. The van der Waals surface area contributed by atoms with Crippen molar-refractivity contribution in [3.8, 4) is 5.69 Å². The number of hydrogen-bond acceptors (Lipinski definition) is 2. The number of rotatable bonds is 3. The van der Waals surface area contributed by atoms with Crippen LogP contribution in [-0.2, 0) is 0 Å². The van der Waals surface area contributed by atoms with Crippen molar-refractivity contribution in [2.75, 3.05) is 0 Å². The van der Waals surface area contributed by atoms with Crippen LogP contribution in [0.4, 0.5) is 8.78 Å². The monoisotopic (exact) mass is 360 g/mol. The molecular weight excluding hydrogens is 346 g/mol. The summed E-state index contributed by atoms with van der Waals surface area (Å²) in [5, 5.41) is 0.421. The predicted molar refractivity (Wildman–Crippen MR) is 103 cm³/mol. The van der Waals surface area contributed by atoms with Crippen molar-refractivity contribution in [3.63, 3.8) is 0 Å². The van der Waals surface area contributed by atoms with Gasteiger partial charge < -0.3 is 0 Å². The summed E-state index contributed by atoms with van der Waals surface area (Å²) in [4.78, 5) is 17.5. The fraction of sp³-hybridized carbons (Fsp3) is 0. The van der Waals surface area contributed by atoms with E-state index < -0.39 is 5.82 Å². The van der Waals surface area contributed by atoms with Crippen molar-refractivity contribution < 1.29 is 8.78 Å². The Morgan fingerprint density at radius 2 is 1.63 bits per heavy atom. The molecule has 0 N–H and O–H groups in total. The first-order chi connectivity index (χ1) is 13.1. The van der Waals surface area contributed by atoms with Gasteiger partial charge >= 0.3 is 0 Å². The summed E-state index contributed by atoms with van der Waals surface area (Å²) in [5.41, 5.74) is 0.917. The lowest BCUT2D eigenvalue weighted by molar-refractivity contribution is 0.625. The van der Waals surface area contributed by atoms with E-state index >= 15 is 0 Å². The SMILES string of the molecule is O=c1c2ccccc2nc(/C=C\c2ccccc2F)n1-c1cccc(F)c1. The van der Waals surface area contributed by atoms with Crippen molar-refractivity contribution in [2.45, 2.75) is 0 Å². The van der Waals surface area contributed by atoms with Gasteiger partial charge in [0.2, 0.25) is 0 Å². The average Bonchev–Trinajstić information content (AvgIpc) is 2.67. The molecule has 0 unspecified atom stereocenters. The van der Waals surface area contributed by atoms with Crippen LogP contribution in [0, 0.1) is 11.6 Å². The van der Waals surface area contributed by atoms with Gasteiger partial charge in [0.05, 0.1) is 16.6 Å². The number of para-hydroxylation sites is 1. The van der Waals surface area contributed by atoms with E-state index in [-0.39, 0.29) is 17.2 Å². The summed E-state index contributed by atoms with van der Waals surface area (Å²) in [6.45, 7) is 0. The van der Waals surface area contributed by atoms with Gasteiger partial charge in [0.15, 0.2) is 0 Å². The summed E-state index contributed by atoms with van der Waals surface area (Å²) < 4.78 is 29.0. The van der Waals surface area contributed by atoms with Crippen molar-refractivity contribution in [1.82, 2.24) is 9.55 Å². The number of aromatic nitrogens is 2. The predicted octanol–water partition coefficient (Wildman–Crippen LogP) is 4.83. The molecule has 0 aliphatic heterocycles. The zero-order chi connectivity index (χ0) is 18.8. The van der Waals surface area contributed by atoms with Crippen LogP contribution >= 0.6 is 0 Å². The third-order valence-corrected chi connectivity index (χ3v) is 4.19. The minimum absolute atomic E-state index is 0.285. The zero-order valence-electron chi connectivity index (χ0n) is 14.1. The Balaban J connectivity index is 1.97. The first kappa shape index (κ1) is 16.8. The second kappa shape index (κ2) is 6.96. The molecule has 132 valence electrons. The highest BCUT2D eigenvalue weighted by atomic mass is 19.1. The minimum atomic E-state index is -0.461. The van der Waals surface area contributed by atoms with Gasteiger partial charge in [-0.3, -0.25) is 9.36 Å². The van der Waals surface area contributed by atoms with Gasteiger partial charge in [0.1, 0.15) is 17.5 Å². The molecule has 3 aromatic carbocycles. The fourth-order valence-electron chi connectivity index (χ4n) is 2.90. The standard InChI is InChI=1S/C22H14F2N2O/c23-16-7-5-8-17(14-16)26-21(13-12-15-6-1-3-10-19(15)24)25-20-11-4-2-9-18(20)22(26)27/h1-14H/b13-12-. The molecule has 5 heteroatoms. The molecule has 4 aromatic rings. The number of halogens is 2. The Kier molecular flexibility index (Phi) is 4.34. The Hall–Kier alpha value is -3.60. The summed E-state index contributed by atoms with van der Waals surface area (Å²) in [6.07, 6.45) is 3.10. The van der Waals surface area contributed by atoms with Gasteiger partial charge in [0, 0.05) is 5.56 Å². The maximum absolute atomic E-state index is 13.9. The fourth-order valence-corrected chi connectivity index (χ4v) is 2.90. The number of benzene rings is 3. The molecule has 1 aromatic heterocycles. The third kappa shape index (κ3) is 3.27. The second-order valence-corrected chi connectivity index (χ2v) is 5.96. The summed E-state index contributed by atoms with van der Waals surface area (Å²) in [6, 6.07) is 18.9. The van der Waals surface area contributed by atoms with Crippen molar-refractivity contribution in [1.29, 1.82) is 0 Å². The average molecular weight is 360 g/mol. The van der Waals surface area contributed by atoms with E-state index in [1.165, 1.54) is 28.8 Å². The normalized spacial score (nSPS) is 11.3. The van der Waals surface area contributed by atoms with Crippen LogP contribution in [0.3, 0.4) is 0 Å². The van der Waals surface area contributed by atoms with Crippen molar-refractivity contribution in [2.24, 2.45) is 0 Å². The molecule has 0 saturated carbocycles. The largest absolute Gasteiger partial charge is 0.268 e. The zero-order valence-corrected chi connectivity index (χ0v) is 14.1. The van der Waals surface area contributed by atoms with Crippen LogP contribution in [0.5, 0.6) is 0 Å². The molecule has 0 aliphatic carbocycles. The lowest BCUT2D eigenvalue weighted by Gasteiger charge is -2.11. The minimum Gasteiger partial charge on any atom is -0.268 e. The third-order valence-electron chi connectivity index (χ3n) is 4.19. The van der Waals surface area contributed by atoms with Crippen molar-refractivity contribution >= 4 is 23.1 Å². The van der Waals surface area contributed by atoms with E-state index in [2.05, 4.69) is 4.98 Å². The second-order valence-electron chi connectivity index (χ2n) is 5.96. The quantitative estimate of drug-likeness (QED) is 0.524. The smallest absolute Gasteiger partial charge is 0.266 e. The summed E-state index contributed by atoms with van der Waals surface area (Å²) >= 11 is 0. The van der Waals surface area contributed by atoms with E-state index in [1.54, 1.807) is 60.7 Å². The Bertz CT molecular complexity index is 1230. The van der Waals surface area contributed by atoms with Gasteiger partial charge in [-0.05, 0) is 48.6 Å². The van der Waals surface area contributed by atoms with E-state index in [4.69, 9.17) is 0 Å². The molecule has 1 heterocycles. The van der Waals surface area contributed by atoms with Crippen LogP contribution in [0.15, 0.2) is 77.6 Å². The molecule has 0 radical (unpaired) electrons. The summed E-state index contributed by atoms with van der Waals surface area (Å²) in [5.74, 6) is -0.557. The van der Waals surface area contributed by atoms with E-state index in [0.29, 0.717) is 22.2 Å². The molecule has 0 saturated heterocycles. The van der Waals surface area contributed by atoms with E-state index in [1.807, 2.05) is 0 Å². The van der Waals surface area contributed by atoms with Crippen LogP contribution in [0.2, 0.25) is 0 Å². The van der Waals surface area contributed by atoms with Gasteiger partial charge in [-0.15, -0.1) is 0 Å². The van der Waals surface area contributed by atoms with E-state index in [0.717, 1.165) is 0 Å². The molecule has 0 amide bonds. The van der Waals surface area contributed by atoms with Gasteiger partial charge in [-0.25, -0.2) is 13.8 Å². The Morgan fingerprint density at radius 3 is 2.44 bits per heavy atom. The van der Waals surface area contributed by atoms with Crippen LogP contribution in [0.1, 0.15) is 11.4 Å². The maximum Gasteiger partial charge on any atom is 0.266 e. The summed E-state index contributed by atoms with van der Waals surface area (Å²) in [7, 11) is 0. The molecule has 4 rings (SSSR count). The molecule has 27 heavy (non-hydrogen) atoms. The molecule has 0 spiro atoms. The number of hydrogen-bond donors (Lipinski definition) is 0. The maximum atomic E-state index is 13.9. The van der Waals surface area contributed by atoms with Crippen LogP contribution < -0.4 is 5.56 Å². The molecule has 0 atom stereocenters. The molecule has 3 nitrogen and oxygen atoms in total. The molecule has 0 aliphatic rings. The Labute approximate surface area is 153 Å².